The second-order valence-electron chi connectivity index (χ2n) is 7.77. The lowest BCUT2D eigenvalue weighted by atomic mass is 9.76. The van der Waals surface area contributed by atoms with Crippen molar-refractivity contribution >= 4 is 17.6 Å². The van der Waals surface area contributed by atoms with Crippen LogP contribution in [-0.4, -0.2) is 16.7 Å². The van der Waals surface area contributed by atoms with Crippen molar-refractivity contribution in [2.75, 3.05) is 0 Å². The molecule has 3 rings (SSSR count). The lowest BCUT2D eigenvalue weighted by Crippen LogP contribution is -2.45. The highest BCUT2D eigenvalue weighted by molar-refractivity contribution is 6.41. The molecule has 1 N–H and O–H groups in total. The zero-order valence-corrected chi connectivity index (χ0v) is 14.7. The first-order chi connectivity index (χ1) is 11.1. The number of hydrogen-bond donors (Lipinski definition) is 1. The fourth-order valence-electron chi connectivity index (χ4n) is 4.93. The standard InChI is InChI=1S/C19H29ClO3/c20-17-16(21)13-19(23-18(17)22,15-10-4-5-11-15)12-6-9-14-7-2-1-3-8-14/h14-15,21H,1-13H2. The molecule has 0 bridgehead atoms. The molecule has 1 atom stereocenters. The molecule has 0 aromatic rings. The van der Waals surface area contributed by atoms with Crippen molar-refractivity contribution in [1.82, 2.24) is 0 Å². The molecule has 2 saturated carbocycles. The van der Waals surface area contributed by atoms with E-state index in [1.165, 1.54) is 51.4 Å². The third-order valence-corrected chi connectivity index (χ3v) is 6.60. The van der Waals surface area contributed by atoms with E-state index < -0.39 is 11.6 Å². The van der Waals surface area contributed by atoms with Gasteiger partial charge in [0, 0.05) is 6.42 Å². The van der Waals surface area contributed by atoms with Gasteiger partial charge in [-0.2, -0.15) is 0 Å². The van der Waals surface area contributed by atoms with Gasteiger partial charge in [0.05, 0.1) is 0 Å². The van der Waals surface area contributed by atoms with Crippen LogP contribution in [0.2, 0.25) is 0 Å². The van der Waals surface area contributed by atoms with Crippen molar-refractivity contribution in [2.45, 2.75) is 89.1 Å². The Morgan fingerprint density at radius 2 is 1.74 bits per heavy atom. The van der Waals surface area contributed by atoms with Crippen LogP contribution in [0.15, 0.2) is 10.8 Å². The van der Waals surface area contributed by atoms with Gasteiger partial charge < -0.3 is 9.84 Å². The van der Waals surface area contributed by atoms with Gasteiger partial charge in [0.15, 0.2) is 5.03 Å². The number of aliphatic hydroxyl groups excluding tert-OH is 1. The summed E-state index contributed by atoms with van der Waals surface area (Å²) in [7, 11) is 0. The van der Waals surface area contributed by atoms with Crippen LogP contribution in [0, 0.1) is 11.8 Å². The van der Waals surface area contributed by atoms with Gasteiger partial charge in [0.1, 0.15) is 11.4 Å². The van der Waals surface area contributed by atoms with Gasteiger partial charge in [-0.05, 0) is 37.5 Å². The third kappa shape index (κ3) is 3.87. The molecule has 1 unspecified atom stereocenters. The summed E-state index contributed by atoms with van der Waals surface area (Å²) in [6, 6.07) is 0. The summed E-state index contributed by atoms with van der Waals surface area (Å²) >= 11 is 5.86. The van der Waals surface area contributed by atoms with Crippen molar-refractivity contribution in [3.05, 3.63) is 10.8 Å². The van der Waals surface area contributed by atoms with E-state index in [0.29, 0.717) is 12.3 Å². The smallest absolute Gasteiger partial charge is 0.353 e. The highest BCUT2D eigenvalue weighted by Gasteiger charge is 2.47. The van der Waals surface area contributed by atoms with Crippen molar-refractivity contribution in [2.24, 2.45) is 11.8 Å². The van der Waals surface area contributed by atoms with Crippen LogP contribution in [0.5, 0.6) is 0 Å². The number of cyclic esters (lactones) is 1. The normalized spacial score (nSPS) is 30.7. The highest BCUT2D eigenvalue weighted by atomic mass is 35.5. The average molecular weight is 341 g/mol. The summed E-state index contributed by atoms with van der Waals surface area (Å²) < 4.78 is 5.84. The summed E-state index contributed by atoms with van der Waals surface area (Å²) in [4.78, 5) is 12.1. The number of ether oxygens (including phenoxy) is 1. The maximum absolute atomic E-state index is 12.1. The molecule has 0 radical (unpaired) electrons. The summed E-state index contributed by atoms with van der Waals surface area (Å²) in [5, 5.41) is 10.0. The fraction of sp³-hybridized carbons (Fsp3) is 0.842. The molecule has 4 heteroatoms. The van der Waals surface area contributed by atoms with Crippen LogP contribution < -0.4 is 0 Å². The van der Waals surface area contributed by atoms with E-state index >= 15 is 0 Å². The summed E-state index contributed by atoms with van der Waals surface area (Å²) in [5.41, 5.74) is -0.509. The van der Waals surface area contributed by atoms with E-state index in [4.69, 9.17) is 16.3 Å². The fourth-order valence-corrected chi connectivity index (χ4v) is 5.04. The molecule has 23 heavy (non-hydrogen) atoms. The van der Waals surface area contributed by atoms with E-state index in [1.54, 1.807) is 0 Å². The lowest BCUT2D eigenvalue weighted by Gasteiger charge is -2.41. The molecule has 0 aromatic heterocycles. The third-order valence-electron chi connectivity index (χ3n) is 6.23. The molecule has 0 saturated heterocycles. The Labute approximate surface area is 144 Å². The van der Waals surface area contributed by atoms with E-state index in [-0.39, 0.29) is 10.8 Å². The van der Waals surface area contributed by atoms with Crippen LogP contribution in [0.1, 0.15) is 83.5 Å². The van der Waals surface area contributed by atoms with Crippen LogP contribution in [0.3, 0.4) is 0 Å². The minimum Gasteiger partial charge on any atom is -0.510 e. The molecule has 0 amide bonds. The maximum Gasteiger partial charge on any atom is 0.353 e. The monoisotopic (exact) mass is 340 g/mol. The summed E-state index contributed by atoms with van der Waals surface area (Å²) in [6.07, 6.45) is 15.0. The number of aliphatic hydroxyl groups is 1. The van der Waals surface area contributed by atoms with Crippen molar-refractivity contribution in [3.63, 3.8) is 0 Å². The largest absolute Gasteiger partial charge is 0.510 e. The molecular weight excluding hydrogens is 312 g/mol. The number of halogens is 1. The lowest BCUT2D eigenvalue weighted by molar-refractivity contribution is -0.166. The molecule has 0 aromatic carbocycles. The molecule has 2 fully saturated rings. The first-order valence-electron chi connectivity index (χ1n) is 9.42. The van der Waals surface area contributed by atoms with Crippen LogP contribution >= 0.6 is 11.6 Å². The highest BCUT2D eigenvalue weighted by Crippen LogP contribution is 2.46. The van der Waals surface area contributed by atoms with Gasteiger partial charge in [0.2, 0.25) is 0 Å². The van der Waals surface area contributed by atoms with Gasteiger partial charge in [-0.3, -0.25) is 0 Å². The molecule has 2 aliphatic carbocycles. The maximum atomic E-state index is 12.1. The number of esters is 1. The number of carbonyl (C=O) groups is 1. The predicted molar refractivity (Wildman–Crippen MR) is 91.3 cm³/mol. The minimum atomic E-state index is -0.528. The quantitative estimate of drug-likeness (QED) is 0.660. The van der Waals surface area contributed by atoms with Crippen LogP contribution in [0.4, 0.5) is 0 Å². The van der Waals surface area contributed by atoms with E-state index in [2.05, 4.69) is 0 Å². The predicted octanol–water partition coefficient (Wildman–Crippen LogP) is 5.62. The number of hydrogen-bond acceptors (Lipinski definition) is 3. The molecule has 3 aliphatic rings. The molecule has 3 nitrogen and oxygen atoms in total. The minimum absolute atomic E-state index is 0.0347. The summed E-state index contributed by atoms with van der Waals surface area (Å²) in [6.45, 7) is 0. The van der Waals surface area contributed by atoms with Crippen molar-refractivity contribution < 1.29 is 14.6 Å². The summed E-state index contributed by atoms with van der Waals surface area (Å²) in [5.74, 6) is 0.730. The number of rotatable bonds is 5. The van der Waals surface area contributed by atoms with Gasteiger partial charge >= 0.3 is 5.97 Å². The average Bonchev–Trinajstić information content (AvgIpc) is 3.09. The first-order valence-corrected chi connectivity index (χ1v) is 9.79. The zero-order valence-electron chi connectivity index (χ0n) is 14.0. The SMILES string of the molecule is O=C1OC(CCCC2CCCCC2)(C2CCCC2)CC(O)=C1Cl. The van der Waals surface area contributed by atoms with Crippen LogP contribution in [-0.2, 0) is 9.53 Å². The second-order valence-corrected chi connectivity index (χ2v) is 8.15. The van der Waals surface area contributed by atoms with E-state index in [9.17, 15) is 9.90 Å². The second kappa shape index (κ2) is 7.46. The Bertz CT molecular complexity index is 461. The Morgan fingerprint density at radius 1 is 1.09 bits per heavy atom. The zero-order chi connectivity index (χ0) is 16.3. The molecule has 1 heterocycles. The Hall–Kier alpha value is -0.700. The van der Waals surface area contributed by atoms with Gasteiger partial charge in [0.25, 0.3) is 0 Å². The number of carbonyl (C=O) groups excluding carboxylic acids is 1. The van der Waals surface area contributed by atoms with Gasteiger partial charge in [-0.1, -0.05) is 63.0 Å². The molecule has 130 valence electrons. The van der Waals surface area contributed by atoms with Crippen LogP contribution in [0.25, 0.3) is 0 Å². The molecular formula is C19H29ClO3. The Kier molecular flexibility index (Phi) is 5.56. The topological polar surface area (TPSA) is 46.5 Å². The Morgan fingerprint density at radius 3 is 2.39 bits per heavy atom. The molecule has 0 spiro atoms. The Balaban J connectivity index is 1.65. The van der Waals surface area contributed by atoms with Crippen molar-refractivity contribution in [1.29, 1.82) is 0 Å². The van der Waals surface area contributed by atoms with Crippen molar-refractivity contribution in [3.8, 4) is 0 Å². The van der Waals surface area contributed by atoms with E-state index in [0.717, 1.165) is 31.6 Å². The first kappa shape index (κ1) is 17.1. The van der Waals surface area contributed by atoms with Gasteiger partial charge in [-0.25, -0.2) is 4.79 Å². The van der Waals surface area contributed by atoms with Gasteiger partial charge in [-0.15, -0.1) is 0 Å². The molecule has 1 aliphatic heterocycles. The van der Waals surface area contributed by atoms with E-state index in [1.807, 2.05) is 0 Å².